The highest BCUT2D eigenvalue weighted by Crippen LogP contribution is 2.45. The van der Waals surface area contributed by atoms with Gasteiger partial charge in [-0.2, -0.15) is 0 Å². The van der Waals surface area contributed by atoms with Gasteiger partial charge in [0.15, 0.2) is 10.9 Å². The Kier molecular flexibility index (Phi) is 6.54. The monoisotopic (exact) mass is 561 g/mol. The summed E-state index contributed by atoms with van der Waals surface area (Å²) in [5.74, 6) is -2.86. The molecular formula is C27H23F4N3O4S. The van der Waals surface area contributed by atoms with Gasteiger partial charge < -0.3 is 19.3 Å². The van der Waals surface area contributed by atoms with Crippen molar-refractivity contribution in [2.45, 2.75) is 43.9 Å². The van der Waals surface area contributed by atoms with Gasteiger partial charge in [0.05, 0.1) is 29.0 Å². The summed E-state index contributed by atoms with van der Waals surface area (Å²) >= 11 is 1.16. The van der Waals surface area contributed by atoms with Crippen LogP contribution in [0.4, 0.5) is 22.7 Å². The number of aromatic carboxylic acids is 1. The van der Waals surface area contributed by atoms with E-state index in [0.29, 0.717) is 34.2 Å². The Hall–Kier alpha value is -3.51. The minimum Gasteiger partial charge on any atom is -0.478 e. The van der Waals surface area contributed by atoms with E-state index >= 15 is 4.39 Å². The Balaban J connectivity index is 1.13. The number of hydrogen-bond donors (Lipinski definition) is 1. The van der Waals surface area contributed by atoms with Gasteiger partial charge in [0.25, 0.3) is 0 Å². The highest BCUT2D eigenvalue weighted by molar-refractivity contribution is 7.22. The van der Waals surface area contributed by atoms with Crippen LogP contribution in [0.2, 0.25) is 0 Å². The van der Waals surface area contributed by atoms with Crippen molar-refractivity contribution >= 4 is 32.7 Å². The van der Waals surface area contributed by atoms with Crippen LogP contribution < -0.4 is 4.90 Å². The van der Waals surface area contributed by atoms with Gasteiger partial charge in [0, 0.05) is 37.4 Å². The zero-order valence-electron chi connectivity index (χ0n) is 20.6. The van der Waals surface area contributed by atoms with Crippen LogP contribution in [0, 0.1) is 17.5 Å². The Morgan fingerprint density at radius 3 is 2.54 bits per heavy atom. The van der Waals surface area contributed by atoms with E-state index in [1.54, 1.807) is 0 Å². The maximum absolute atomic E-state index is 15.7. The number of benzene rings is 2. The second-order valence-corrected chi connectivity index (χ2v) is 11.0. The highest BCUT2D eigenvalue weighted by atomic mass is 32.1. The molecule has 1 aliphatic carbocycles. The fourth-order valence-electron chi connectivity index (χ4n) is 4.86. The summed E-state index contributed by atoms with van der Waals surface area (Å²) in [4.78, 5) is 17.4. The molecule has 0 unspecified atom stereocenters. The molecule has 6 rings (SSSR count). The van der Waals surface area contributed by atoms with E-state index in [-0.39, 0.29) is 54.3 Å². The molecule has 1 aliphatic heterocycles. The summed E-state index contributed by atoms with van der Waals surface area (Å²) < 4.78 is 70.6. The van der Waals surface area contributed by atoms with Crippen LogP contribution >= 0.6 is 11.3 Å². The Labute approximate surface area is 224 Å². The second-order valence-electron chi connectivity index (χ2n) is 9.98. The van der Waals surface area contributed by atoms with Gasteiger partial charge in [0.1, 0.15) is 34.3 Å². The average Bonchev–Trinajstić information content (AvgIpc) is 3.51. The Morgan fingerprint density at radius 2 is 1.87 bits per heavy atom. The van der Waals surface area contributed by atoms with Crippen LogP contribution in [-0.2, 0) is 11.3 Å². The van der Waals surface area contributed by atoms with E-state index in [0.717, 1.165) is 42.4 Å². The van der Waals surface area contributed by atoms with Crippen LogP contribution in [0.25, 0.3) is 21.5 Å². The number of alkyl halides is 1. The molecule has 0 spiro atoms. The summed E-state index contributed by atoms with van der Waals surface area (Å²) in [6, 6.07) is 5.86. The number of anilines is 1. The minimum absolute atomic E-state index is 0.0318. The molecule has 0 atom stereocenters. The molecule has 0 radical (unpaired) electrons. The minimum atomic E-state index is -1.64. The number of ether oxygens (including phenoxy) is 1. The molecule has 0 bridgehead atoms. The number of fused-ring (bicyclic) bond motifs is 1. The van der Waals surface area contributed by atoms with Crippen molar-refractivity contribution in [3.8, 4) is 11.3 Å². The van der Waals surface area contributed by atoms with Crippen molar-refractivity contribution in [1.29, 1.82) is 0 Å². The van der Waals surface area contributed by atoms with E-state index in [4.69, 9.17) is 14.4 Å². The first-order chi connectivity index (χ1) is 18.7. The molecule has 0 amide bonds. The molecule has 2 aliphatic rings. The average molecular weight is 562 g/mol. The SMILES string of the molecule is O=C(O)c1cc(F)c2nc(N3CCC(F)(COCc4c(-c5c(F)cccc5F)noc4C4CC4)CC3)sc2c1. The van der Waals surface area contributed by atoms with Gasteiger partial charge in [-0.25, -0.2) is 27.3 Å². The van der Waals surface area contributed by atoms with Crippen molar-refractivity contribution in [2.24, 2.45) is 0 Å². The Bertz CT molecular complexity index is 1540. The topological polar surface area (TPSA) is 88.7 Å². The maximum Gasteiger partial charge on any atom is 0.335 e. The van der Waals surface area contributed by atoms with E-state index in [9.17, 15) is 18.0 Å². The molecule has 4 aromatic rings. The summed E-state index contributed by atoms with van der Waals surface area (Å²) in [5, 5.41) is 13.6. The van der Waals surface area contributed by atoms with E-state index in [1.165, 1.54) is 12.1 Å². The first-order valence-electron chi connectivity index (χ1n) is 12.5. The van der Waals surface area contributed by atoms with Crippen LogP contribution in [-0.4, -0.2) is 46.6 Å². The smallest absolute Gasteiger partial charge is 0.335 e. The van der Waals surface area contributed by atoms with E-state index in [1.807, 2.05) is 4.90 Å². The summed E-state index contributed by atoms with van der Waals surface area (Å²) in [6.45, 7) is 0.279. The van der Waals surface area contributed by atoms with Gasteiger partial charge in [-0.1, -0.05) is 22.6 Å². The summed E-state index contributed by atoms with van der Waals surface area (Å²) in [6.07, 6.45) is 1.99. The summed E-state index contributed by atoms with van der Waals surface area (Å²) in [7, 11) is 0. The fraction of sp³-hybridized carbons (Fsp3) is 0.370. The third-order valence-corrected chi connectivity index (χ3v) is 8.25. The molecule has 12 heteroatoms. The van der Waals surface area contributed by atoms with Crippen molar-refractivity contribution in [3.05, 3.63) is 64.7 Å². The lowest BCUT2D eigenvalue weighted by Crippen LogP contribution is -2.44. The predicted octanol–water partition coefficient (Wildman–Crippen LogP) is 6.47. The molecule has 3 heterocycles. The lowest BCUT2D eigenvalue weighted by Gasteiger charge is -2.36. The zero-order valence-corrected chi connectivity index (χ0v) is 21.4. The number of halogens is 4. The molecule has 2 aromatic heterocycles. The third-order valence-electron chi connectivity index (χ3n) is 7.19. The normalized spacial score (nSPS) is 17.2. The first kappa shape index (κ1) is 25.8. The van der Waals surface area contributed by atoms with Crippen molar-refractivity contribution < 1.29 is 36.7 Å². The molecule has 2 aromatic carbocycles. The van der Waals surface area contributed by atoms with Crippen molar-refractivity contribution in [2.75, 3.05) is 24.6 Å². The number of nitrogens with zero attached hydrogens (tertiary/aromatic N) is 3. The molecule has 1 saturated heterocycles. The van der Waals surface area contributed by atoms with Crippen LogP contribution in [0.15, 0.2) is 34.9 Å². The van der Waals surface area contributed by atoms with Gasteiger partial charge in [-0.05, 0) is 37.1 Å². The lowest BCUT2D eigenvalue weighted by atomic mass is 9.94. The number of carbonyl (C=O) groups is 1. The van der Waals surface area contributed by atoms with E-state index < -0.39 is 29.1 Å². The third kappa shape index (κ3) is 4.98. The second kappa shape index (κ2) is 9.91. The van der Waals surface area contributed by atoms with Crippen LogP contribution in [0.3, 0.4) is 0 Å². The van der Waals surface area contributed by atoms with Crippen molar-refractivity contribution in [3.63, 3.8) is 0 Å². The molecule has 1 N–H and O–H groups in total. The van der Waals surface area contributed by atoms with Gasteiger partial charge in [-0.3, -0.25) is 0 Å². The zero-order chi connectivity index (χ0) is 27.3. The molecule has 2 fully saturated rings. The first-order valence-corrected chi connectivity index (χ1v) is 13.3. The number of aromatic nitrogens is 2. The number of carboxylic acids is 1. The standard InChI is InChI=1S/C27H23F4N3O4S/c28-17-2-1-3-18(29)21(17)22-16(24(38-33-22)14-4-5-14)12-37-13-27(31)6-8-34(9-7-27)26-32-23-19(30)10-15(25(35)36)11-20(23)39-26/h1-3,10-11,14H,4-9,12-13H2,(H,35,36). The molecule has 204 valence electrons. The number of piperidine rings is 1. The quantitative estimate of drug-likeness (QED) is 0.247. The number of carboxylic acid groups (broad SMARTS) is 1. The van der Waals surface area contributed by atoms with Crippen molar-refractivity contribution in [1.82, 2.24) is 10.1 Å². The van der Waals surface area contributed by atoms with E-state index in [2.05, 4.69) is 10.1 Å². The van der Waals surface area contributed by atoms with Crippen LogP contribution in [0.1, 0.15) is 53.3 Å². The Morgan fingerprint density at radius 1 is 1.15 bits per heavy atom. The summed E-state index contributed by atoms with van der Waals surface area (Å²) in [5.41, 5.74) is -1.55. The van der Waals surface area contributed by atoms with Gasteiger partial charge >= 0.3 is 5.97 Å². The number of thiazole rings is 1. The highest BCUT2D eigenvalue weighted by Gasteiger charge is 2.37. The maximum atomic E-state index is 15.7. The number of hydrogen-bond acceptors (Lipinski definition) is 7. The molecule has 1 saturated carbocycles. The van der Waals surface area contributed by atoms with Gasteiger partial charge in [-0.15, -0.1) is 0 Å². The van der Waals surface area contributed by atoms with Crippen LogP contribution in [0.5, 0.6) is 0 Å². The largest absolute Gasteiger partial charge is 0.478 e. The molecular weight excluding hydrogens is 538 g/mol. The predicted molar refractivity (Wildman–Crippen MR) is 135 cm³/mol. The lowest BCUT2D eigenvalue weighted by molar-refractivity contribution is -0.00757. The molecule has 39 heavy (non-hydrogen) atoms. The molecule has 7 nitrogen and oxygen atoms in total. The van der Waals surface area contributed by atoms with Gasteiger partial charge in [0.2, 0.25) is 0 Å². The number of rotatable bonds is 8. The fourth-order valence-corrected chi connectivity index (χ4v) is 5.93.